The lowest BCUT2D eigenvalue weighted by molar-refractivity contribution is 0.0953. The number of rotatable bonds is 6. The quantitative estimate of drug-likeness (QED) is 0.420. The van der Waals surface area contributed by atoms with Crippen LogP contribution in [0.2, 0.25) is 0 Å². The van der Waals surface area contributed by atoms with Crippen LogP contribution in [0.15, 0.2) is 35.3 Å². The van der Waals surface area contributed by atoms with Crippen molar-refractivity contribution in [3.63, 3.8) is 0 Å². The molecule has 0 spiro atoms. The molecule has 7 nitrogen and oxygen atoms in total. The molecule has 0 unspecified atom stereocenters. The summed E-state index contributed by atoms with van der Waals surface area (Å²) >= 11 is 0. The average Bonchev–Trinajstić information content (AvgIpc) is 2.79. The van der Waals surface area contributed by atoms with Gasteiger partial charge >= 0.3 is 0 Å². The third-order valence-corrected chi connectivity index (χ3v) is 5.36. The first kappa shape index (κ1) is 22.4. The number of methoxy groups -OCH3 is 2. The number of aliphatic imine (C=N–C) groups is 1. The molecule has 1 aliphatic heterocycles. The molecule has 2 aromatic carbocycles. The maximum atomic E-state index is 13.7. The van der Waals surface area contributed by atoms with Gasteiger partial charge in [-0.05, 0) is 54.3 Å². The normalized spacial score (nSPS) is 13.5. The minimum Gasteiger partial charge on any atom is -0.493 e. The Morgan fingerprint density at radius 2 is 1.77 bits per heavy atom. The molecule has 8 heteroatoms. The molecule has 0 aliphatic carbocycles. The number of aryl methyl sites for hydroxylation is 1. The van der Waals surface area contributed by atoms with E-state index in [4.69, 9.17) is 9.47 Å². The van der Waals surface area contributed by atoms with Gasteiger partial charge in [0, 0.05) is 38.8 Å². The zero-order valence-corrected chi connectivity index (χ0v) is 18.4. The van der Waals surface area contributed by atoms with Gasteiger partial charge in [-0.3, -0.25) is 9.79 Å². The first-order valence-electron chi connectivity index (χ1n) is 10.2. The van der Waals surface area contributed by atoms with Gasteiger partial charge in [-0.2, -0.15) is 0 Å². The van der Waals surface area contributed by atoms with Gasteiger partial charge in [0.15, 0.2) is 17.5 Å². The topological polar surface area (TPSA) is 75.2 Å². The highest BCUT2D eigenvalue weighted by molar-refractivity contribution is 5.94. The van der Waals surface area contributed by atoms with Gasteiger partial charge in [0.25, 0.3) is 5.91 Å². The number of hydrogen-bond donors (Lipinski definition) is 2. The average molecular weight is 429 g/mol. The largest absolute Gasteiger partial charge is 0.493 e. The molecule has 0 fully saturated rings. The summed E-state index contributed by atoms with van der Waals surface area (Å²) in [6.45, 7) is 4.07. The van der Waals surface area contributed by atoms with Gasteiger partial charge in [-0.15, -0.1) is 0 Å². The van der Waals surface area contributed by atoms with Crippen molar-refractivity contribution in [2.75, 3.05) is 40.9 Å². The van der Waals surface area contributed by atoms with E-state index in [1.54, 1.807) is 40.3 Å². The Hall–Kier alpha value is -3.29. The second kappa shape index (κ2) is 10.1. The minimum atomic E-state index is -0.384. The maximum Gasteiger partial charge on any atom is 0.251 e. The number of guanidine groups is 1. The molecule has 0 saturated heterocycles. The number of carbonyl (C=O) groups excluding carboxylic acids is 1. The van der Waals surface area contributed by atoms with Crippen LogP contribution in [-0.4, -0.2) is 57.7 Å². The van der Waals surface area contributed by atoms with Crippen LogP contribution < -0.4 is 20.1 Å². The van der Waals surface area contributed by atoms with E-state index in [1.807, 2.05) is 12.1 Å². The Morgan fingerprint density at radius 1 is 1.10 bits per heavy atom. The highest BCUT2D eigenvalue weighted by Gasteiger charge is 2.21. The molecule has 3 rings (SSSR count). The summed E-state index contributed by atoms with van der Waals surface area (Å²) < 4.78 is 24.5. The van der Waals surface area contributed by atoms with Crippen molar-refractivity contribution >= 4 is 11.9 Å². The van der Waals surface area contributed by atoms with Crippen LogP contribution in [0.1, 0.15) is 27.0 Å². The highest BCUT2D eigenvalue weighted by Crippen LogP contribution is 2.33. The summed E-state index contributed by atoms with van der Waals surface area (Å²) in [6, 6.07) is 8.52. The standard InChI is InChI=1S/C23H29FN4O3/c1-15-5-6-17(11-19(15)24)22(29)26-8-9-27-23(25-2)28-10-7-16-12-20(30-3)21(31-4)13-18(16)14-28/h5-6,11-13H,7-10,14H2,1-4H3,(H,25,27)(H,26,29). The number of halogens is 1. The van der Waals surface area contributed by atoms with Crippen LogP contribution in [-0.2, 0) is 13.0 Å². The molecular formula is C23H29FN4O3. The molecule has 1 aliphatic rings. The molecule has 1 amide bonds. The van der Waals surface area contributed by atoms with Gasteiger partial charge in [0.05, 0.1) is 14.2 Å². The smallest absolute Gasteiger partial charge is 0.251 e. The number of amides is 1. The van der Waals surface area contributed by atoms with Crippen molar-refractivity contribution in [1.29, 1.82) is 0 Å². The van der Waals surface area contributed by atoms with Crippen molar-refractivity contribution in [1.82, 2.24) is 15.5 Å². The Balaban J connectivity index is 1.54. The second-order valence-electron chi connectivity index (χ2n) is 7.34. The van der Waals surface area contributed by atoms with Gasteiger partial charge < -0.3 is 25.0 Å². The van der Waals surface area contributed by atoms with E-state index in [0.29, 0.717) is 36.5 Å². The van der Waals surface area contributed by atoms with E-state index < -0.39 is 0 Å². The molecule has 0 radical (unpaired) electrons. The highest BCUT2D eigenvalue weighted by atomic mass is 19.1. The fourth-order valence-corrected chi connectivity index (χ4v) is 3.58. The van der Waals surface area contributed by atoms with Crippen LogP contribution >= 0.6 is 0 Å². The summed E-state index contributed by atoms with van der Waals surface area (Å²) in [4.78, 5) is 18.7. The summed E-state index contributed by atoms with van der Waals surface area (Å²) in [5.74, 6) is 1.52. The summed E-state index contributed by atoms with van der Waals surface area (Å²) in [7, 11) is 5.00. The van der Waals surface area contributed by atoms with Crippen LogP contribution in [0.4, 0.5) is 4.39 Å². The third kappa shape index (κ3) is 5.25. The molecule has 1 heterocycles. The van der Waals surface area contributed by atoms with Gasteiger partial charge in [0.2, 0.25) is 0 Å². The van der Waals surface area contributed by atoms with E-state index in [0.717, 1.165) is 24.7 Å². The van der Waals surface area contributed by atoms with Gasteiger partial charge in [-0.1, -0.05) is 6.07 Å². The summed E-state index contributed by atoms with van der Waals surface area (Å²) in [5.41, 5.74) is 3.23. The molecule has 2 aromatic rings. The summed E-state index contributed by atoms with van der Waals surface area (Å²) in [5, 5.41) is 6.08. The van der Waals surface area contributed by atoms with Crippen molar-refractivity contribution in [3.05, 3.63) is 58.4 Å². The lowest BCUT2D eigenvalue weighted by Gasteiger charge is -2.32. The van der Waals surface area contributed by atoms with Crippen LogP contribution in [0.3, 0.4) is 0 Å². The number of hydrogen-bond acceptors (Lipinski definition) is 4. The lowest BCUT2D eigenvalue weighted by atomic mass is 9.99. The van der Waals surface area contributed by atoms with Gasteiger partial charge in [0.1, 0.15) is 5.82 Å². The molecule has 31 heavy (non-hydrogen) atoms. The summed E-state index contributed by atoms with van der Waals surface area (Å²) in [6.07, 6.45) is 0.867. The predicted molar refractivity (Wildman–Crippen MR) is 118 cm³/mol. The van der Waals surface area contributed by atoms with E-state index in [9.17, 15) is 9.18 Å². The third-order valence-electron chi connectivity index (χ3n) is 5.36. The maximum absolute atomic E-state index is 13.7. The van der Waals surface area contributed by atoms with Crippen LogP contribution in [0.25, 0.3) is 0 Å². The van der Waals surface area contributed by atoms with Crippen molar-refractivity contribution in [2.24, 2.45) is 4.99 Å². The number of ether oxygens (including phenoxy) is 2. The molecule has 166 valence electrons. The van der Waals surface area contributed by atoms with E-state index in [1.165, 1.54) is 17.2 Å². The van der Waals surface area contributed by atoms with Crippen molar-refractivity contribution in [3.8, 4) is 11.5 Å². The molecule has 0 bridgehead atoms. The first-order chi connectivity index (χ1) is 15.0. The number of fused-ring (bicyclic) bond motifs is 1. The fourth-order valence-electron chi connectivity index (χ4n) is 3.58. The van der Waals surface area contributed by atoms with Crippen molar-refractivity contribution < 1.29 is 18.7 Å². The number of carbonyl (C=O) groups is 1. The van der Waals surface area contributed by atoms with Crippen LogP contribution in [0.5, 0.6) is 11.5 Å². The number of nitrogens with zero attached hydrogens (tertiary/aromatic N) is 2. The predicted octanol–water partition coefficient (Wildman–Crippen LogP) is 2.51. The zero-order chi connectivity index (χ0) is 22.4. The molecule has 0 aromatic heterocycles. The zero-order valence-electron chi connectivity index (χ0n) is 18.4. The monoisotopic (exact) mass is 428 g/mol. The second-order valence-corrected chi connectivity index (χ2v) is 7.34. The van der Waals surface area contributed by atoms with E-state index in [-0.39, 0.29) is 11.7 Å². The fraction of sp³-hybridized carbons (Fsp3) is 0.391. The van der Waals surface area contributed by atoms with E-state index in [2.05, 4.69) is 20.5 Å². The van der Waals surface area contributed by atoms with Crippen molar-refractivity contribution in [2.45, 2.75) is 19.9 Å². The Labute approximate surface area is 182 Å². The number of benzene rings is 2. The van der Waals surface area contributed by atoms with Crippen LogP contribution in [0, 0.1) is 12.7 Å². The van der Waals surface area contributed by atoms with E-state index >= 15 is 0 Å². The molecule has 0 saturated carbocycles. The SMILES string of the molecule is CN=C(NCCNC(=O)c1ccc(C)c(F)c1)N1CCc2cc(OC)c(OC)cc2C1. The Kier molecular flexibility index (Phi) is 7.33. The lowest BCUT2D eigenvalue weighted by Crippen LogP contribution is -2.46. The Morgan fingerprint density at radius 3 is 2.42 bits per heavy atom. The Bertz CT molecular complexity index is 978. The van der Waals surface area contributed by atoms with Gasteiger partial charge in [-0.25, -0.2) is 4.39 Å². The molecule has 2 N–H and O–H groups in total. The molecular weight excluding hydrogens is 399 g/mol. The minimum absolute atomic E-state index is 0.302. The molecule has 0 atom stereocenters. The number of nitrogens with one attached hydrogen (secondary N) is 2. The first-order valence-corrected chi connectivity index (χ1v) is 10.2.